The van der Waals surface area contributed by atoms with Crippen LogP contribution in [0.25, 0.3) is 10.8 Å². The van der Waals surface area contributed by atoms with Crippen molar-refractivity contribution < 1.29 is 14.3 Å². The van der Waals surface area contributed by atoms with E-state index in [1.807, 2.05) is 64.2 Å². The van der Waals surface area contributed by atoms with Crippen LogP contribution in [0.2, 0.25) is 0 Å². The summed E-state index contributed by atoms with van der Waals surface area (Å²) in [4.78, 5) is 19.8. The van der Waals surface area contributed by atoms with E-state index in [4.69, 9.17) is 14.5 Å². The van der Waals surface area contributed by atoms with E-state index in [9.17, 15) is 4.79 Å². The Hall–Kier alpha value is -3.34. The maximum absolute atomic E-state index is 12.7. The number of fused-ring (bicyclic) bond motifs is 4. The first-order valence-electron chi connectivity index (χ1n) is 11.8. The largest absolute Gasteiger partial charge is 0.459 e. The normalized spacial score (nSPS) is 21.2. The summed E-state index contributed by atoms with van der Waals surface area (Å²) >= 11 is 0. The highest BCUT2D eigenvalue weighted by Crippen LogP contribution is 2.54. The lowest BCUT2D eigenvalue weighted by Gasteiger charge is -2.45. The highest BCUT2D eigenvalue weighted by atomic mass is 16.5. The van der Waals surface area contributed by atoms with Crippen molar-refractivity contribution in [3.05, 3.63) is 60.2 Å². The molecule has 0 saturated heterocycles. The number of esters is 1. The quantitative estimate of drug-likeness (QED) is 0.320. The minimum atomic E-state index is -0.733. The van der Waals surface area contributed by atoms with Crippen LogP contribution >= 0.6 is 0 Å². The smallest absolute Gasteiger partial charge is 0.314 e. The second kappa shape index (κ2) is 7.33. The molecule has 2 aliphatic rings. The van der Waals surface area contributed by atoms with Gasteiger partial charge in [-0.15, -0.1) is 0 Å². The summed E-state index contributed by atoms with van der Waals surface area (Å²) in [6.07, 6.45) is 1.93. The van der Waals surface area contributed by atoms with Crippen molar-refractivity contribution in [2.45, 2.75) is 52.7 Å². The molecular weight excluding hydrogens is 424 g/mol. The first-order valence-corrected chi connectivity index (χ1v) is 11.8. The average Bonchev–Trinajstić information content (AvgIpc) is 2.96. The Morgan fingerprint density at radius 2 is 1.79 bits per heavy atom. The van der Waals surface area contributed by atoms with Gasteiger partial charge in [-0.25, -0.2) is 0 Å². The summed E-state index contributed by atoms with van der Waals surface area (Å²) in [5.41, 5.74) is 1.92. The summed E-state index contributed by atoms with van der Waals surface area (Å²) in [5, 5.41) is 1.91. The number of rotatable bonds is 2. The third-order valence-electron chi connectivity index (χ3n) is 7.77. The first-order chi connectivity index (χ1) is 16.0. The molecule has 0 saturated carbocycles. The van der Waals surface area contributed by atoms with Gasteiger partial charge in [-0.3, -0.25) is 9.79 Å². The molecule has 5 heteroatoms. The summed E-state index contributed by atoms with van der Waals surface area (Å²) in [5.74, 6) is 0.774. The summed E-state index contributed by atoms with van der Waals surface area (Å²) < 4.78 is 12.5. The van der Waals surface area contributed by atoms with E-state index in [2.05, 4.69) is 50.1 Å². The fourth-order valence-corrected chi connectivity index (χ4v) is 4.98. The fraction of sp³-hybridized carbons (Fsp3) is 0.379. The number of para-hydroxylation sites is 1. The molecule has 34 heavy (non-hydrogen) atoms. The van der Waals surface area contributed by atoms with E-state index in [0.717, 1.165) is 22.1 Å². The zero-order valence-corrected chi connectivity index (χ0v) is 21.0. The van der Waals surface area contributed by atoms with Crippen molar-refractivity contribution >= 4 is 34.3 Å². The number of ether oxygens (including phenoxy) is 2. The lowest BCUT2D eigenvalue weighted by molar-refractivity contribution is -0.141. The molecular formula is C29H32N2O3. The second-order valence-electron chi connectivity index (χ2n) is 11.1. The number of aliphatic imine (C=N–C) groups is 1. The van der Waals surface area contributed by atoms with Crippen molar-refractivity contribution in [2.24, 2.45) is 16.3 Å². The molecule has 176 valence electrons. The van der Waals surface area contributed by atoms with Crippen molar-refractivity contribution in [3.63, 3.8) is 0 Å². The van der Waals surface area contributed by atoms with Gasteiger partial charge in [-0.05, 0) is 54.5 Å². The first kappa shape index (κ1) is 22.5. The van der Waals surface area contributed by atoms with Crippen LogP contribution in [-0.2, 0) is 10.2 Å². The highest BCUT2D eigenvalue weighted by Gasteiger charge is 2.58. The zero-order valence-electron chi connectivity index (χ0n) is 21.0. The molecule has 1 spiro atoms. The molecule has 0 fully saturated rings. The summed E-state index contributed by atoms with van der Waals surface area (Å²) in [6, 6.07) is 18.1. The van der Waals surface area contributed by atoms with Crippen molar-refractivity contribution in [3.8, 4) is 11.5 Å². The summed E-state index contributed by atoms with van der Waals surface area (Å²) in [7, 11) is 2.06. The number of benzene rings is 3. The second-order valence-corrected chi connectivity index (χ2v) is 11.1. The number of carbonyl (C=O) groups is 1. The Balaban J connectivity index is 1.54. The Kier molecular flexibility index (Phi) is 4.84. The molecule has 3 aromatic rings. The molecule has 0 aromatic heterocycles. The number of carbonyl (C=O) groups excluding carboxylic acids is 1. The molecule has 2 unspecified atom stereocenters. The van der Waals surface area contributed by atoms with E-state index in [1.54, 1.807) is 0 Å². The van der Waals surface area contributed by atoms with Crippen LogP contribution in [0.4, 0.5) is 11.4 Å². The predicted octanol–water partition coefficient (Wildman–Crippen LogP) is 6.65. The van der Waals surface area contributed by atoms with Crippen LogP contribution in [-0.4, -0.2) is 25.0 Å². The van der Waals surface area contributed by atoms with Gasteiger partial charge in [-0.1, -0.05) is 58.0 Å². The van der Waals surface area contributed by atoms with Crippen molar-refractivity contribution in [1.29, 1.82) is 0 Å². The minimum Gasteiger partial charge on any atom is -0.459 e. The predicted molar refractivity (Wildman–Crippen MR) is 138 cm³/mol. The number of anilines is 1. The average molecular weight is 457 g/mol. The van der Waals surface area contributed by atoms with Gasteiger partial charge < -0.3 is 14.4 Å². The number of hydrogen-bond acceptors (Lipinski definition) is 5. The topological polar surface area (TPSA) is 51.1 Å². The van der Waals surface area contributed by atoms with Crippen molar-refractivity contribution in [1.82, 2.24) is 0 Å². The number of hydrogen-bond donors (Lipinski definition) is 0. The van der Waals surface area contributed by atoms with Gasteiger partial charge in [-0.2, -0.15) is 0 Å². The van der Waals surface area contributed by atoms with Crippen molar-refractivity contribution in [2.75, 3.05) is 11.9 Å². The Morgan fingerprint density at radius 3 is 2.50 bits per heavy atom. The van der Waals surface area contributed by atoms with Gasteiger partial charge in [0.1, 0.15) is 17.2 Å². The molecule has 2 heterocycles. The van der Waals surface area contributed by atoms with E-state index >= 15 is 0 Å². The van der Waals surface area contributed by atoms with Gasteiger partial charge in [0.25, 0.3) is 0 Å². The van der Waals surface area contributed by atoms with E-state index in [-0.39, 0.29) is 22.7 Å². The standard InChI is InChI=1S/C29H32N2O3/c1-18(27(2,3)4)26(32)33-20-14-12-19-13-15-24-25(21(19)16-20)30-17-29(34-24)28(5,6)22-10-8-9-11-23(22)31(29)7/h8-18H,1-7H3. The van der Waals surface area contributed by atoms with Gasteiger partial charge in [0.15, 0.2) is 0 Å². The lowest BCUT2D eigenvalue weighted by Crippen LogP contribution is -2.61. The molecule has 0 bridgehead atoms. The maximum Gasteiger partial charge on any atom is 0.314 e. The molecule has 0 N–H and O–H groups in total. The molecule has 2 atom stereocenters. The third-order valence-corrected chi connectivity index (χ3v) is 7.77. The van der Waals surface area contributed by atoms with E-state index in [0.29, 0.717) is 11.5 Å². The zero-order chi connectivity index (χ0) is 24.5. The van der Waals surface area contributed by atoms with Gasteiger partial charge in [0.2, 0.25) is 5.72 Å². The Bertz CT molecular complexity index is 1330. The monoisotopic (exact) mass is 456 g/mol. The SMILES string of the molecule is CC(C(=O)Oc1ccc2ccc3c(c2c1)N=CC1(O3)N(C)c2ccccc2C1(C)C)C(C)(C)C. The van der Waals surface area contributed by atoms with Gasteiger partial charge in [0, 0.05) is 18.1 Å². The molecule has 0 aliphatic carbocycles. The molecule has 3 aromatic carbocycles. The van der Waals surface area contributed by atoms with Crippen LogP contribution in [0.3, 0.4) is 0 Å². The summed E-state index contributed by atoms with van der Waals surface area (Å²) in [6.45, 7) is 12.4. The fourth-order valence-electron chi connectivity index (χ4n) is 4.98. The maximum atomic E-state index is 12.7. The van der Waals surface area contributed by atoms with Crippen LogP contribution in [0.15, 0.2) is 59.6 Å². The minimum absolute atomic E-state index is 0.169. The number of likely N-dealkylation sites (N-methyl/N-ethyl adjacent to an activating group) is 1. The van der Waals surface area contributed by atoms with Gasteiger partial charge in [0.05, 0.1) is 17.5 Å². The molecule has 2 aliphatic heterocycles. The molecule has 0 amide bonds. The van der Waals surface area contributed by atoms with E-state index < -0.39 is 5.72 Å². The van der Waals surface area contributed by atoms with E-state index in [1.165, 1.54) is 5.56 Å². The molecule has 5 rings (SSSR count). The van der Waals surface area contributed by atoms with Crippen LogP contribution in [0.1, 0.15) is 47.1 Å². The lowest BCUT2D eigenvalue weighted by atomic mass is 9.77. The molecule has 5 nitrogen and oxygen atoms in total. The third kappa shape index (κ3) is 3.13. The molecule has 0 radical (unpaired) electrons. The highest BCUT2D eigenvalue weighted by molar-refractivity contribution is 6.00. The number of nitrogens with zero attached hydrogens (tertiary/aromatic N) is 2. The van der Waals surface area contributed by atoms with Crippen LogP contribution in [0.5, 0.6) is 11.5 Å². The van der Waals surface area contributed by atoms with Crippen LogP contribution < -0.4 is 14.4 Å². The Morgan fingerprint density at radius 1 is 1.09 bits per heavy atom. The Labute approximate surface area is 201 Å². The van der Waals surface area contributed by atoms with Gasteiger partial charge >= 0.3 is 5.97 Å². The van der Waals surface area contributed by atoms with Crippen LogP contribution in [0, 0.1) is 11.3 Å².